The van der Waals surface area contributed by atoms with E-state index in [1.807, 2.05) is 97.1 Å². The number of hydrogen-bond acceptors (Lipinski definition) is 5. The molecule has 2 atom stereocenters. The molecule has 0 spiro atoms. The lowest BCUT2D eigenvalue weighted by atomic mass is 9.97. The second-order valence-corrected chi connectivity index (χ2v) is 8.99. The number of hydrogen-bond donors (Lipinski definition) is 0. The standard InChI is InChI=1S/C31H33NO5/c1-32(2)31(33)37-28-19-18-27(23-34-20-24-12-6-3-7-13-24)29(35-21-25-14-8-4-9-15-25)30(28)36-22-26-16-10-5-11-17-26/h3-19,29-30H,20-23H2,1-2H3/t29-,30-/m1/s1. The first kappa shape index (κ1) is 26.4. The van der Waals surface area contributed by atoms with E-state index in [1.165, 1.54) is 4.90 Å². The van der Waals surface area contributed by atoms with E-state index in [1.54, 1.807) is 20.2 Å². The van der Waals surface area contributed by atoms with Gasteiger partial charge in [-0.1, -0.05) is 97.1 Å². The summed E-state index contributed by atoms with van der Waals surface area (Å²) in [4.78, 5) is 13.8. The van der Waals surface area contributed by atoms with Crippen LogP contribution in [-0.4, -0.2) is 43.9 Å². The molecule has 0 fully saturated rings. The second kappa shape index (κ2) is 13.6. The van der Waals surface area contributed by atoms with Gasteiger partial charge in [-0.25, -0.2) is 4.79 Å². The van der Waals surface area contributed by atoms with Gasteiger partial charge in [-0.05, 0) is 28.3 Å². The molecule has 0 heterocycles. The molecule has 0 aliphatic heterocycles. The molecule has 1 amide bonds. The van der Waals surface area contributed by atoms with Crippen LogP contribution in [0.25, 0.3) is 0 Å². The third-order valence-electron chi connectivity index (χ3n) is 5.88. The zero-order chi connectivity index (χ0) is 25.9. The highest BCUT2D eigenvalue weighted by molar-refractivity contribution is 5.68. The normalized spacial score (nSPS) is 17.0. The van der Waals surface area contributed by atoms with Crippen molar-refractivity contribution >= 4 is 6.09 Å². The van der Waals surface area contributed by atoms with Crippen LogP contribution < -0.4 is 0 Å². The number of nitrogens with zero attached hydrogens (tertiary/aromatic N) is 1. The van der Waals surface area contributed by atoms with Gasteiger partial charge in [0.25, 0.3) is 0 Å². The summed E-state index contributed by atoms with van der Waals surface area (Å²) >= 11 is 0. The molecule has 4 rings (SSSR count). The van der Waals surface area contributed by atoms with Crippen LogP contribution in [0.3, 0.4) is 0 Å². The monoisotopic (exact) mass is 499 g/mol. The quantitative estimate of drug-likeness (QED) is 0.329. The Labute approximate surface area is 218 Å². The SMILES string of the molecule is CN(C)C(=O)OC1=CC=C(COCc2ccccc2)[C@@H](OCc2ccccc2)[C@@H]1OCc1ccccc1. The largest absolute Gasteiger partial charge is 0.414 e. The first-order chi connectivity index (χ1) is 18.1. The van der Waals surface area contributed by atoms with Crippen molar-refractivity contribution in [2.24, 2.45) is 0 Å². The summed E-state index contributed by atoms with van der Waals surface area (Å²) in [6, 6.07) is 29.9. The van der Waals surface area contributed by atoms with E-state index in [2.05, 4.69) is 0 Å². The second-order valence-electron chi connectivity index (χ2n) is 8.99. The molecule has 37 heavy (non-hydrogen) atoms. The van der Waals surface area contributed by atoms with E-state index in [9.17, 15) is 4.79 Å². The topological polar surface area (TPSA) is 57.2 Å². The van der Waals surface area contributed by atoms with Crippen LogP contribution in [0.1, 0.15) is 16.7 Å². The van der Waals surface area contributed by atoms with Crippen molar-refractivity contribution < 1.29 is 23.7 Å². The van der Waals surface area contributed by atoms with Gasteiger partial charge in [0.1, 0.15) is 18.0 Å². The minimum atomic E-state index is -0.631. The van der Waals surface area contributed by atoms with Gasteiger partial charge < -0.3 is 23.8 Å². The van der Waals surface area contributed by atoms with E-state index in [4.69, 9.17) is 18.9 Å². The zero-order valence-corrected chi connectivity index (χ0v) is 21.3. The fourth-order valence-electron chi connectivity index (χ4n) is 3.88. The van der Waals surface area contributed by atoms with Crippen LogP contribution in [0.2, 0.25) is 0 Å². The fourth-order valence-corrected chi connectivity index (χ4v) is 3.88. The lowest BCUT2D eigenvalue weighted by Gasteiger charge is -2.33. The van der Waals surface area contributed by atoms with Crippen LogP contribution >= 0.6 is 0 Å². The molecule has 0 aromatic heterocycles. The van der Waals surface area contributed by atoms with Gasteiger partial charge in [0, 0.05) is 14.1 Å². The smallest absolute Gasteiger partial charge is 0.412 e. The molecule has 0 unspecified atom stereocenters. The molecular weight excluding hydrogens is 466 g/mol. The number of carbonyl (C=O) groups is 1. The number of allylic oxidation sites excluding steroid dienone is 2. The minimum Gasteiger partial charge on any atom is -0.412 e. The Balaban J connectivity index is 1.56. The Bertz CT molecular complexity index is 1180. The number of amides is 1. The zero-order valence-electron chi connectivity index (χ0n) is 21.3. The summed E-state index contributed by atoms with van der Waals surface area (Å²) in [5.41, 5.74) is 4.05. The Hall–Kier alpha value is -3.71. The number of ether oxygens (including phenoxy) is 4. The molecule has 1 aliphatic rings. The summed E-state index contributed by atoms with van der Waals surface area (Å²) < 4.78 is 24.6. The van der Waals surface area contributed by atoms with E-state index in [0.717, 1.165) is 22.3 Å². The molecular formula is C31H33NO5. The number of carbonyl (C=O) groups excluding carboxylic acids is 1. The molecule has 192 valence electrons. The van der Waals surface area contributed by atoms with Crippen molar-refractivity contribution in [3.63, 3.8) is 0 Å². The first-order valence-electron chi connectivity index (χ1n) is 12.3. The maximum atomic E-state index is 12.4. The summed E-state index contributed by atoms with van der Waals surface area (Å²) in [6.45, 7) is 1.55. The summed E-state index contributed by atoms with van der Waals surface area (Å²) in [5, 5.41) is 0. The molecule has 0 saturated carbocycles. The maximum absolute atomic E-state index is 12.4. The van der Waals surface area contributed by atoms with Gasteiger partial charge in [-0.3, -0.25) is 0 Å². The average Bonchev–Trinajstić information content (AvgIpc) is 2.93. The number of rotatable bonds is 11. The molecule has 0 saturated heterocycles. The van der Waals surface area contributed by atoms with Gasteiger partial charge in [0.2, 0.25) is 0 Å². The van der Waals surface area contributed by atoms with Crippen molar-refractivity contribution in [2.75, 3.05) is 20.7 Å². The Morgan fingerprint density at radius 1 is 0.649 bits per heavy atom. The van der Waals surface area contributed by atoms with E-state index >= 15 is 0 Å². The molecule has 3 aromatic carbocycles. The van der Waals surface area contributed by atoms with Crippen molar-refractivity contribution in [3.05, 3.63) is 131 Å². The summed E-state index contributed by atoms with van der Waals surface area (Å²) in [7, 11) is 3.29. The molecule has 1 aliphatic carbocycles. The summed E-state index contributed by atoms with van der Waals surface area (Å²) in [6.07, 6.45) is 2.07. The highest BCUT2D eigenvalue weighted by atomic mass is 16.6. The van der Waals surface area contributed by atoms with Crippen LogP contribution in [0.15, 0.2) is 114 Å². The molecule has 3 aromatic rings. The van der Waals surface area contributed by atoms with Crippen molar-refractivity contribution in [3.8, 4) is 0 Å². The highest BCUT2D eigenvalue weighted by Crippen LogP contribution is 2.29. The van der Waals surface area contributed by atoms with Gasteiger partial charge in [0.15, 0.2) is 0 Å². The van der Waals surface area contributed by atoms with Crippen LogP contribution in [0, 0.1) is 0 Å². The van der Waals surface area contributed by atoms with E-state index in [-0.39, 0.29) is 0 Å². The van der Waals surface area contributed by atoms with Crippen LogP contribution in [-0.2, 0) is 38.8 Å². The maximum Gasteiger partial charge on any atom is 0.414 e. The summed E-state index contributed by atoms with van der Waals surface area (Å²) in [5.74, 6) is 0.402. The lowest BCUT2D eigenvalue weighted by molar-refractivity contribution is -0.0753. The van der Waals surface area contributed by atoms with Crippen molar-refractivity contribution in [2.45, 2.75) is 32.0 Å². The lowest BCUT2D eigenvalue weighted by Crippen LogP contribution is -2.40. The van der Waals surface area contributed by atoms with Gasteiger partial charge in [0.05, 0.1) is 26.4 Å². The average molecular weight is 500 g/mol. The van der Waals surface area contributed by atoms with Gasteiger partial charge in [-0.15, -0.1) is 0 Å². The van der Waals surface area contributed by atoms with Gasteiger partial charge >= 0.3 is 6.09 Å². The Kier molecular flexibility index (Phi) is 9.66. The van der Waals surface area contributed by atoms with Crippen molar-refractivity contribution in [1.29, 1.82) is 0 Å². The predicted octanol–water partition coefficient (Wildman–Crippen LogP) is 5.90. The molecule has 0 bridgehead atoms. The molecule has 0 N–H and O–H groups in total. The van der Waals surface area contributed by atoms with Crippen LogP contribution in [0.4, 0.5) is 4.79 Å². The Morgan fingerprint density at radius 2 is 1.14 bits per heavy atom. The Morgan fingerprint density at radius 3 is 1.65 bits per heavy atom. The molecule has 6 nitrogen and oxygen atoms in total. The third-order valence-corrected chi connectivity index (χ3v) is 5.88. The van der Waals surface area contributed by atoms with E-state index < -0.39 is 18.3 Å². The predicted molar refractivity (Wildman–Crippen MR) is 142 cm³/mol. The van der Waals surface area contributed by atoms with Crippen molar-refractivity contribution in [1.82, 2.24) is 4.90 Å². The highest BCUT2D eigenvalue weighted by Gasteiger charge is 2.35. The number of benzene rings is 3. The van der Waals surface area contributed by atoms with E-state index in [0.29, 0.717) is 32.2 Å². The van der Waals surface area contributed by atoms with Crippen LogP contribution in [0.5, 0.6) is 0 Å². The molecule has 6 heteroatoms. The minimum absolute atomic E-state index is 0.339. The third kappa shape index (κ3) is 7.89. The molecule has 0 radical (unpaired) electrons. The van der Waals surface area contributed by atoms with Gasteiger partial charge in [-0.2, -0.15) is 0 Å². The fraction of sp³-hybridized carbons (Fsp3) is 0.258. The first-order valence-corrected chi connectivity index (χ1v) is 12.3.